The van der Waals surface area contributed by atoms with Gasteiger partial charge < -0.3 is 9.47 Å². The summed E-state index contributed by atoms with van der Waals surface area (Å²) in [6.45, 7) is 3.60. The summed E-state index contributed by atoms with van der Waals surface area (Å²) in [6, 6.07) is 7.07. The highest BCUT2D eigenvalue weighted by atomic mass is 35.5. The lowest BCUT2D eigenvalue weighted by Crippen LogP contribution is -2.37. The summed E-state index contributed by atoms with van der Waals surface area (Å²) in [7, 11) is 0. The molecule has 1 aromatic rings. The van der Waals surface area contributed by atoms with Gasteiger partial charge in [-0.3, -0.25) is 14.5 Å². The van der Waals surface area contributed by atoms with Gasteiger partial charge in [-0.15, -0.1) is 0 Å². The molecule has 2 heterocycles. The summed E-state index contributed by atoms with van der Waals surface area (Å²) in [5.74, 6) is -0.0773. The van der Waals surface area contributed by atoms with Crippen molar-refractivity contribution >= 4 is 29.0 Å². The van der Waals surface area contributed by atoms with Gasteiger partial charge in [-0.25, -0.2) is 0 Å². The Hall–Kier alpha value is -1.85. The van der Waals surface area contributed by atoms with E-state index in [-0.39, 0.29) is 29.2 Å². The average Bonchev–Trinajstić information content (AvgIpc) is 3.17. The van der Waals surface area contributed by atoms with E-state index in [0.717, 1.165) is 25.0 Å². The minimum atomic E-state index is -0.446. The van der Waals surface area contributed by atoms with E-state index in [1.54, 1.807) is 24.3 Å². The monoisotopic (exact) mass is 349 g/mol. The lowest BCUT2D eigenvalue weighted by Gasteiger charge is -2.18. The minimum Gasteiger partial charge on any atom is -0.494 e. The van der Waals surface area contributed by atoms with Gasteiger partial charge in [-0.05, 0) is 37.0 Å². The highest BCUT2D eigenvalue weighted by Crippen LogP contribution is 2.33. The van der Waals surface area contributed by atoms with Crippen molar-refractivity contribution < 1.29 is 19.1 Å². The molecule has 0 aliphatic carbocycles. The first kappa shape index (κ1) is 17.0. The first-order chi connectivity index (χ1) is 11.6. The van der Waals surface area contributed by atoms with Gasteiger partial charge in [-0.1, -0.05) is 30.7 Å². The van der Waals surface area contributed by atoms with Gasteiger partial charge in [-0.2, -0.15) is 0 Å². The van der Waals surface area contributed by atoms with Crippen LogP contribution in [0.3, 0.4) is 0 Å². The third-order valence-electron chi connectivity index (χ3n) is 4.14. The molecule has 5 nitrogen and oxygen atoms in total. The zero-order valence-electron chi connectivity index (χ0n) is 13.6. The highest BCUT2D eigenvalue weighted by molar-refractivity contribution is 6.55. The van der Waals surface area contributed by atoms with Crippen molar-refractivity contribution in [3.8, 4) is 5.75 Å². The fourth-order valence-corrected chi connectivity index (χ4v) is 3.18. The first-order valence-electron chi connectivity index (χ1n) is 8.22. The molecule has 0 aromatic heterocycles. The molecule has 1 fully saturated rings. The second-order valence-corrected chi connectivity index (χ2v) is 6.30. The van der Waals surface area contributed by atoms with E-state index >= 15 is 0 Å². The van der Waals surface area contributed by atoms with E-state index in [4.69, 9.17) is 21.1 Å². The number of amides is 2. The quantitative estimate of drug-likeness (QED) is 0.741. The van der Waals surface area contributed by atoms with Crippen molar-refractivity contribution in [1.82, 2.24) is 4.90 Å². The van der Waals surface area contributed by atoms with E-state index in [1.165, 1.54) is 4.90 Å². The number of halogens is 1. The fourth-order valence-electron chi connectivity index (χ4n) is 2.89. The Labute approximate surface area is 146 Å². The van der Waals surface area contributed by atoms with Crippen LogP contribution in [0.4, 0.5) is 0 Å². The largest absolute Gasteiger partial charge is 0.494 e. The lowest BCUT2D eigenvalue weighted by molar-refractivity contribution is -0.138. The number of imide groups is 1. The number of benzene rings is 1. The van der Waals surface area contributed by atoms with Crippen molar-refractivity contribution in [2.24, 2.45) is 0 Å². The molecule has 0 spiro atoms. The van der Waals surface area contributed by atoms with Crippen LogP contribution in [-0.4, -0.2) is 42.6 Å². The van der Waals surface area contributed by atoms with Crippen LogP contribution in [0.25, 0.3) is 5.57 Å². The summed E-state index contributed by atoms with van der Waals surface area (Å²) in [4.78, 5) is 26.2. The van der Waals surface area contributed by atoms with Crippen molar-refractivity contribution in [3.63, 3.8) is 0 Å². The molecule has 0 N–H and O–H groups in total. The molecule has 1 aromatic carbocycles. The summed E-state index contributed by atoms with van der Waals surface area (Å²) in [5, 5.41) is -0.0276. The number of ether oxygens (including phenoxy) is 2. The summed E-state index contributed by atoms with van der Waals surface area (Å²) in [6.07, 6.45) is 2.64. The van der Waals surface area contributed by atoms with Crippen LogP contribution in [0.2, 0.25) is 0 Å². The Kier molecular flexibility index (Phi) is 5.21. The second-order valence-electron chi connectivity index (χ2n) is 5.92. The molecule has 1 unspecified atom stereocenters. The molecule has 128 valence electrons. The molecule has 0 saturated carbocycles. The number of hydrogen-bond donors (Lipinski definition) is 0. The van der Waals surface area contributed by atoms with Gasteiger partial charge in [0, 0.05) is 6.61 Å². The van der Waals surface area contributed by atoms with E-state index in [9.17, 15) is 9.59 Å². The van der Waals surface area contributed by atoms with Gasteiger partial charge in [0.25, 0.3) is 11.8 Å². The molecule has 6 heteroatoms. The molecule has 0 bridgehead atoms. The van der Waals surface area contributed by atoms with E-state index < -0.39 is 5.91 Å². The molecular formula is C18H20ClNO4. The number of carbonyl (C=O) groups excluding carboxylic acids is 2. The van der Waals surface area contributed by atoms with Gasteiger partial charge in [0.1, 0.15) is 10.8 Å². The van der Waals surface area contributed by atoms with E-state index in [0.29, 0.717) is 18.8 Å². The summed E-state index contributed by atoms with van der Waals surface area (Å²) >= 11 is 6.16. The third-order valence-corrected chi connectivity index (χ3v) is 4.49. The van der Waals surface area contributed by atoms with Gasteiger partial charge in [0.15, 0.2) is 0 Å². The Morgan fingerprint density at radius 1 is 1.25 bits per heavy atom. The number of carbonyl (C=O) groups is 2. The zero-order chi connectivity index (χ0) is 17.1. The van der Waals surface area contributed by atoms with Crippen LogP contribution in [0, 0.1) is 0 Å². The normalized spacial score (nSPS) is 21.1. The maximum Gasteiger partial charge on any atom is 0.273 e. The van der Waals surface area contributed by atoms with Crippen LogP contribution < -0.4 is 4.74 Å². The van der Waals surface area contributed by atoms with Crippen molar-refractivity contribution in [2.75, 3.05) is 19.8 Å². The SMILES string of the molecule is CCCOc1ccc(C2=C(Cl)C(=O)N(CC3CCCO3)C2=O)cc1. The van der Waals surface area contributed by atoms with Crippen LogP contribution >= 0.6 is 11.6 Å². The molecule has 2 aliphatic heterocycles. The van der Waals surface area contributed by atoms with Crippen LogP contribution in [-0.2, 0) is 14.3 Å². The molecule has 1 saturated heterocycles. The van der Waals surface area contributed by atoms with Crippen molar-refractivity contribution in [2.45, 2.75) is 32.3 Å². The van der Waals surface area contributed by atoms with E-state index in [1.807, 2.05) is 6.92 Å². The molecule has 3 rings (SSSR count). The predicted molar refractivity (Wildman–Crippen MR) is 90.7 cm³/mol. The Morgan fingerprint density at radius 2 is 2.00 bits per heavy atom. The standard InChI is InChI=1S/C18H20ClNO4/c1-2-9-23-13-7-5-12(6-8-13)15-16(19)18(22)20(17(15)21)11-14-4-3-10-24-14/h5-8,14H,2-4,9-11H2,1H3. The maximum absolute atomic E-state index is 12.6. The van der Waals surface area contributed by atoms with Gasteiger partial charge in [0.2, 0.25) is 0 Å². The van der Waals surface area contributed by atoms with Crippen molar-refractivity contribution in [3.05, 3.63) is 34.9 Å². The Balaban J connectivity index is 1.76. The van der Waals surface area contributed by atoms with Crippen LogP contribution in [0.1, 0.15) is 31.7 Å². The van der Waals surface area contributed by atoms with Crippen molar-refractivity contribution in [1.29, 1.82) is 0 Å². The minimum absolute atomic E-state index is 0.0276. The molecule has 2 amide bonds. The van der Waals surface area contributed by atoms with Crippen LogP contribution in [0.5, 0.6) is 5.75 Å². The number of hydrogen-bond acceptors (Lipinski definition) is 4. The third kappa shape index (κ3) is 3.32. The Morgan fingerprint density at radius 3 is 2.62 bits per heavy atom. The second kappa shape index (κ2) is 7.36. The molecule has 2 aliphatic rings. The zero-order valence-corrected chi connectivity index (χ0v) is 14.3. The molecular weight excluding hydrogens is 330 g/mol. The molecule has 0 radical (unpaired) electrons. The molecule has 1 atom stereocenters. The lowest BCUT2D eigenvalue weighted by atomic mass is 10.1. The fraction of sp³-hybridized carbons (Fsp3) is 0.444. The van der Waals surface area contributed by atoms with Gasteiger partial charge in [0.05, 0.1) is 24.8 Å². The smallest absolute Gasteiger partial charge is 0.273 e. The Bertz CT molecular complexity index is 662. The van der Waals surface area contributed by atoms with E-state index in [2.05, 4.69) is 0 Å². The maximum atomic E-state index is 12.6. The summed E-state index contributed by atoms with van der Waals surface area (Å²) in [5.41, 5.74) is 0.874. The number of nitrogens with zero attached hydrogens (tertiary/aromatic N) is 1. The molecule has 24 heavy (non-hydrogen) atoms. The summed E-state index contributed by atoms with van der Waals surface area (Å²) < 4.78 is 11.0. The highest BCUT2D eigenvalue weighted by Gasteiger charge is 2.39. The topological polar surface area (TPSA) is 55.8 Å². The van der Waals surface area contributed by atoms with Gasteiger partial charge >= 0.3 is 0 Å². The average molecular weight is 350 g/mol. The number of rotatable bonds is 6. The first-order valence-corrected chi connectivity index (χ1v) is 8.60. The predicted octanol–water partition coefficient (Wildman–Crippen LogP) is 2.97. The van der Waals surface area contributed by atoms with Crippen LogP contribution in [0.15, 0.2) is 29.3 Å².